The van der Waals surface area contributed by atoms with Crippen molar-refractivity contribution >= 4 is 5.97 Å². The molecule has 1 aromatic carbocycles. The molecular formula is C23H27NO9. The number of benzene rings is 1. The summed E-state index contributed by atoms with van der Waals surface area (Å²) < 4.78 is 17.5. The Morgan fingerprint density at radius 3 is 2.70 bits per heavy atom. The molecule has 10 nitrogen and oxygen atoms in total. The Labute approximate surface area is 189 Å². The number of carbonyl (C=O) groups is 1. The molecule has 33 heavy (non-hydrogen) atoms. The average molecular weight is 461 g/mol. The van der Waals surface area contributed by atoms with E-state index in [9.17, 15) is 30.3 Å². The molecule has 5 aliphatic rings. The van der Waals surface area contributed by atoms with Crippen molar-refractivity contribution < 1.29 is 44.5 Å². The molecule has 2 aliphatic carbocycles. The topological polar surface area (TPSA) is 149 Å². The van der Waals surface area contributed by atoms with Gasteiger partial charge in [-0.1, -0.05) is 18.2 Å². The lowest BCUT2D eigenvalue weighted by Gasteiger charge is -2.56. The summed E-state index contributed by atoms with van der Waals surface area (Å²) in [5, 5.41) is 50.6. The van der Waals surface area contributed by atoms with E-state index in [1.807, 2.05) is 6.07 Å². The highest BCUT2D eigenvalue weighted by Gasteiger charge is 2.64. The van der Waals surface area contributed by atoms with Gasteiger partial charge in [-0.15, -0.1) is 0 Å². The summed E-state index contributed by atoms with van der Waals surface area (Å²) in [6, 6.07) is 3.90. The first kappa shape index (κ1) is 21.3. The smallest absolute Gasteiger partial charge is 0.335 e. The molecule has 2 bridgehead atoms. The minimum Gasteiger partial charge on any atom is -0.482 e. The highest BCUT2D eigenvalue weighted by molar-refractivity contribution is 5.73. The highest BCUT2D eigenvalue weighted by Crippen LogP contribution is 2.62. The summed E-state index contributed by atoms with van der Waals surface area (Å²) in [5.74, 6) is -0.625. The fourth-order valence-corrected chi connectivity index (χ4v) is 6.60. The summed E-state index contributed by atoms with van der Waals surface area (Å²) >= 11 is 0. The Bertz CT molecular complexity index is 1030. The molecule has 0 radical (unpaired) electrons. The number of hydrogen-bond donors (Lipinski definition) is 5. The number of aliphatic hydroxyl groups is 4. The van der Waals surface area contributed by atoms with Gasteiger partial charge in [0, 0.05) is 22.9 Å². The molecule has 0 unspecified atom stereocenters. The molecule has 3 heterocycles. The lowest BCUT2D eigenvalue weighted by Crippen LogP contribution is -2.64. The molecule has 3 aliphatic heterocycles. The van der Waals surface area contributed by atoms with Crippen LogP contribution in [-0.2, 0) is 21.4 Å². The minimum atomic E-state index is -1.80. The van der Waals surface area contributed by atoms with Gasteiger partial charge < -0.3 is 44.6 Å². The Kier molecular flexibility index (Phi) is 4.62. The van der Waals surface area contributed by atoms with Crippen molar-refractivity contribution in [2.45, 2.75) is 67.2 Å². The maximum atomic E-state index is 11.4. The van der Waals surface area contributed by atoms with Crippen molar-refractivity contribution in [3.63, 3.8) is 0 Å². The number of likely N-dealkylation sites (N-methyl/N-ethyl adjacent to an activating group) is 1. The summed E-state index contributed by atoms with van der Waals surface area (Å²) in [6.07, 6.45) is -4.29. The van der Waals surface area contributed by atoms with E-state index >= 15 is 0 Å². The Morgan fingerprint density at radius 1 is 1.15 bits per heavy atom. The second kappa shape index (κ2) is 7.14. The maximum Gasteiger partial charge on any atom is 0.335 e. The summed E-state index contributed by atoms with van der Waals surface area (Å²) in [7, 11) is 2.12. The third-order valence-corrected chi connectivity index (χ3v) is 8.19. The highest BCUT2D eigenvalue weighted by atomic mass is 16.7. The van der Waals surface area contributed by atoms with Crippen molar-refractivity contribution in [1.29, 1.82) is 0 Å². The first-order chi connectivity index (χ1) is 15.7. The molecule has 0 aromatic heterocycles. The molecule has 2 fully saturated rings. The van der Waals surface area contributed by atoms with E-state index < -0.39 is 54.3 Å². The van der Waals surface area contributed by atoms with E-state index in [4.69, 9.17) is 14.2 Å². The molecule has 0 saturated carbocycles. The first-order valence-electron chi connectivity index (χ1n) is 11.2. The Hall–Kier alpha value is -2.21. The zero-order valence-corrected chi connectivity index (χ0v) is 17.9. The number of carboxylic acids is 1. The molecule has 1 spiro atoms. The Morgan fingerprint density at radius 2 is 1.94 bits per heavy atom. The molecule has 10 atom stereocenters. The zero-order valence-electron chi connectivity index (χ0n) is 17.9. The maximum absolute atomic E-state index is 11.4. The number of aliphatic carboxylic acids is 1. The van der Waals surface area contributed by atoms with Crippen molar-refractivity contribution in [2.75, 3.05) is 13.6 Å². The quantitative estimate of drug-likeness (QED) is 0.346. The summed E-state index contributed by atoms with van der Waals surface area (Å²) in [6.45, 7) is 0.861. The van der Waals surface area contributed by atoms with Gasteiger partial charge in [0.1, 0.15) is 30.5 Å². The van der Waals surface area contributed by atoms with Gasteiger partial charge in [-0.25, -0.2) is 4.79 Å². The SMILES string of the molecule is CN1CC[C@@]23c4c5ccc(O[C@@H]6O[C@H](C(=O)O)[C@@H](O)[C@H](O)[C@H]6O)c4O[C@@H]2[C@H](O)C=C[C@@H]3[C@H]1C5. The second-order valence-corrected chi connectivity index (χ2v) is 9.76. The normalized spacial score (nSPS) is 45.3. The second-order valence-electron chi connectivity index (χ2n) is 9.76. The van der Waals surface area contributed by atoms with Crippen LogP contribution in [0.1, 0.15) is 17.5 Å². The van der Waals surface area contributed by atoms with Crippen LogP contribution in [0.15, 0.2) is 24.3 Å². The number of nitrogens with zero attached hydrogens (tertiary/aromatic N) is 1. The molecule has 10 heteroatoms. The van der Waals surface area contributed by atoms with E-state index in [0.29, 0.717) is 5.75 Å². The number of likely N-dealkylation sites (tertiary alicyclic amines) is 1. The Balaban J connectivity index is 1.41. The van der Waals surface area contributed by atoms with E-state index in [0.717, 1.165) is 30.5 Å². The summed E-state index contributed by atoms with van der Waals surface area (Å²) in [5.41, 5.74) is 1.70. The van der Waals surface area contributed by atoms with Gasteiger partial charge in [0.25, 0.3) is 0 Å². The van der Waals surface area contributed by atoms with E-state index in [1.165, 1.54) is 0 Å². The fraction of sp³-hybridized carbons (Fsp3) is 0.609. The summed E-state index contributed by atoms with van der Waals surface area (Å²) in [4.78, 5) is 13.8. The van der Waals surface area contributed by atoms with Crippen molar-refractivity contribution in [1.82, 2.24) is 4.90 Å². The van der Waals surface area contributed by atoms with Gasteiger partial charge in [0.2, 0.25) is 6.29 Å². The van der Waals surface area contributed by atoms with Gasteiger partial charge in [-0.2, -0.15) is 0 Å². The standard InChI is InChI=1S/C23H27NO9/c1-24-7-6-23-10-3-4-12(25)20(23)32-18-13(5-2-9(14(18)23)8-11(10)24)31-22-17(28)15(26)16(27)19(33-22)21(29)30/h2-5,10-12,15-17,19-20,22,25-28H,6-8H2,1H3,(H,29,30)/t10-,11-,12-,15+,16+,17-,19+,20-,22-,23-/m1/s1. The minimum absolute atomic E-state index is 0.165. The molecule has 0 amide bonds. The number of hydrogen-bond acceptors (Lipinski definition) is 9. The number of carboxylic acid groups (broad SMARTS) is 1. The molecule has 1 aromatic rings. The van der Waals surface area contributed by atoms with Crippen LogP contribution < -0.4 is 9.47 Å². The van der Waals surface area contributed by atoms with Crippen LogP contribution in [0.4, 0.5) is 0 Å². The van der Waals surface area contributed by atoms with E-state index in [2.05, 4.69) is 18.0 Å². The zero-order chi connectivity index (χ0) is 23.2. The molecule has 6 rings (SSSR count). The third-order valence-electron chi connectivity index (χ3n) is 8.19. The lowest BCUT2D eigenvalue weighted by atomic mass is 9.53. The van der Waals surface area contributed by atoms with Gasteiger partial charge in [-0.3, -0.25) is 0 Å². The van der Waals surface area contributed by atoms with Crippen LogP contribution in [0.5, 0.6) is 11.5 Å². The molecule has 178 valence electrons. The van der Waals surface area contributed by atoms with E-state index in [-0.39, 0.29) is 17.7 Å². The van der Waals surface area contributed by atoms with Crippen LogP contribution in [-0.4, -0.2) is 98.9 Å². The van der Waals surface area contributed by atoms with Gasteiger partial charge >= 0.3 is 5.97 Å². The third kappa shape index (κ3) is 2.73. The van der Waals surface area contributed by atoms with Crippen molar-refractivity contribution in [2.24, 2.45) is 5.92 Å². The van der Waals surface area contributed by atoms with Crippen LogP contribution in [0.25, 0.3) is 0 Å². The number of rotatable bonds is 3. The number of aliphatic hydroxyl groups excluding tert-OH is 4. The van der Waals surface area contributed by atoms with E-state index in [1.54, 1.807) is 12.1 Å². The van der Waals surface area contributed by atoms with Crippen molar-refractivity contribution in [3.05, 3.63) is 35.4 Å². The monoisotopic (exact) mass is 461 g/mol. The number of ether oxygens (including phenoxy) is 3. The molecule has 5 N–H and O–H groups in total. The predicted molar refractivity (Wildman–Crippen MR) is 111 cm³/mol. The van der Waals surface area contributed by atoms with Gasteiger partial charge in [0.05, 0.1) is 0 Å². The predicted octanol–water partition coefficient (Wildman–Crippen LogP) is -1.24. The molecule has 2 saturated heterocycles. The molecular weight excluding hydrogens is 434 g/mol. The fourth-order valence-electron chi connectivity index (χ4n) is 6.60. The first-order valence-corrected chi connectivity index (χ1v) is 11.2. The average Bonchev–Trinajstić information content (AvgIpc) is 3.14. The van der Waals surface area contributed by atoms with Crippen LogP contribution in [0.2, 0.25) is 0 Å². The van der Waals surface area contributed by atoms with Crippen LogP contribution in [0.3, 0.4) is 0 Å². The van der Waals surface area contributed by atoms with Crippen molar-refractivity contribution in [3.8, 4) is 11.5 Å². The largest absolute Gasteiger partial charge is 0.482 e. The van der Waals surface area contributed by atoms with Gasteiger partial charge in [-0.05, 0) is 38.1 Å². The van der Waals surface area contributed by atoms with Crippen LogP contribution in [0, 0.1) is 5.92 Å². The lowest BCUT2D eigenvalue weighted by molar-refractivity contribution is -0.271. The van der Waals surface area contributed by atoms with Gasteiger partial charge in [0.15, 0.2) is 17.6 Å². The van der Waals surface area contributed by atoms with Crippen LogP contribution >= 0.6 is 0 Å². The number of piperidine rings is 1.